The minimum absolute atomic E-state index is 0.0667. The maximum atomic E-state index is 13.7. The van der Waals surface area contributed by atoms with E-state index < -0.39 is 28.5 Å². The van der Waals surface area contributed by atoms with Crippen LogP contribution in [0.4, 0.5) is 5.69 Å². The molecule has 3 rings (SSSR count). The van der Waals surface area contributed by atoms with E-state index in [4.69, 9.17) is 4.74 Å². The third-order valence-corrected chi connectivity index (χ3v) is 7.62. The lowest BCUT2D eigenvalue weighted by Gasteiger charge is -2.31. The number of carbonyl (C=O) groups excluding carboxylic acids is 2. The first-order valence-corrected chi connectivity index (χ1v) is 12.9. The highest BCUT2D eigenvalue weighted by Crippen LogP contribution is 2.25. The van der Waals surface area contributed by atoms with Gasteiger partial charge in [0, 0.05) is 13.6 Å². The zero-order chi connectivity index (χ0) is 26.3. The number of nitrogens with one attached hydrogen (secondary N) is 1. The number of hydrogen-bond donors (Lipinski definition) is 1. The lowest BCUT2D eigenvalue weighted by molar-refractivity contribution is -0.139. The highest BCUT2D eigenvalue weighted by atomic mass is 32.2. The number of anilines is 1. The van der Waals surface area contributed by atoms with Crippen LogP contribution in [0.5, 0.6) is 5.75 Å². The van der Waals surface area contributed by atoms with Gasteiger partial charge < -0.3 is 15.0 Å². The second-order valence-electron chi connectivity index (χ2n) is 8.32. The molecular weight excluding hydrogens is 478 g/mol. The van der Waals surface area contributed by atoms with Gasteiger partial charge in [-0.1, -0.05) is 48.0 Å². The topological polar surface area (TPSA) is 96.0 Å². The average Bonchev–Trinajstić information content (AvgIpc) is 2.90. The summed E-state index contributed by atoms with van der Waals surface area (Å²) < 4.78 is 33.6. The molecule has 3 aromatic rings. The van der Waals surface area contributed by atoms with Crippen molar-refractivity contribution in [1.29, 1.82) is 0 Å². The summed E-state index contributed by atoms with van der Waals surface area (Å²) in [6, 6.07) is 21.2. The Morgan fingerprint density at radius 2 is 1.64 bits per heavy atom. The van der Waals surface area contributed by atoms with Gasteiger partial charge in [-0.05, 0) is 55.8 Å². The summed E-state index contributed by atoms with van der Waals surface area (Å²) >= 11 is 0. The van der Waals surface area contributed by atoms with E-state index in [1.54, 1.807) is 74.7 Å². The van der Waals surface area contributed by atoms with Gasteiger partial charge in [0.1, 0.15) is 18.3 Å². The van der Waals surface area contributed by atoms with Crippen molar-refractivity contribution in [2.75, 3.05) is 25.0 Å². The summed E-state index contributed by atoms with van der Waals surface area (Å²) in [7, 11) is -1.03. The second-order valence-corrected chi connectivity index (χ2v) is 10.2. The van der Waals surface area contributed by atoms with E-state index in [2.05, 4.69) is 5.32 Å². The predicted molar refractivity (Wildman–Crippen MR) is 139 cm³/mol. The predicted octanol–water partition coefficient (Wildman–Crippen LogP) is 3.36. The van der Waals surface area contributed by atoms with E-state index in [1.165, 1.54) is 24.1 Å². The SMILES string of the molecule is CNC(=O)[C@H](C)N(Cc1cccc(OC)c1)C(=O)CN(c1ccc(C)cc1)S(=O)(=O)c1ccccc1. The van der Waals surface area contributed by atoms with E-state index in [9.17, 15) is 18.0 Å². The molecule has 0 aliphatic carbocycles. The standard InChI is InChI=1S/C27H31N3O5S/c1-20-13-15-23(16-14-20)30(36(33,34)25-11-6-5-7-12-25)19-26(31)29(21(2)27(32)28-3)18-22-9-8-10-24(17-22)35-4/h5-17,21H,18-19H2,1-4H3,(H,28,32)/t21-/m0/s1. The smallest absolute Gasteiger partial charge is 0.264 e. The minimum Gasteiger partial charge on any atom is -0.497 e. The number of sulfonamides is 1. The van der Waals surface area contributed by atoms with Crippen LogP contribution in [0.3, 0.4) is 0 Å². The fraction of sp³-hybridized carbons (Fsp3) is 0.259. The second kappa shape index (κ2) is 11.7. The van der Waals surface area contributed by atoms with Gasteiger partial charge in [-0.15, -0.1) is 0 Å². The van der Waals surface area contributed by atoms with Crippen LogP contribution in [-0.4, -0.2) is 51.9 Å². The molecule has 0 spiro atoms. The molecule has 0 aliphatic rings. The molecule has 0 saturated carbocycles. The van der Waals surface area contributed by atoms with E-state index in [-0.39, 0.29) is 17.3 Å². The normalized spacial score (nSPS) is 11.9. The molecule has 36 heavy (non-hydrogen) atoms. The highest BCUT2D eigenvalue weighted by Gasteiger charge is 2.32. The molecule has 0 aromatic heterocycles. The Bertz CT molecular complexity index is 1290. The summed E-state index contributed by atoms with van der Waals surface area (Å²) in [5.74, 6) is -0.270. The number of methoxy groups -OCH3 is 1. The average molecular weight is 510 g/mol. The molecular formula is C27H31N3O5S. The molecule has 1 atom stereocenters. The van der Waals surface area contributed by atoms with E-state index >= 15 is 0 Å². The number of rotatable bonds is 10. The maximum Gasteiger partial charge on any atom is 0.264 e. The van der Waals surface area contributed by atoms with Crippen molar-refractivity contribution in [1.82, 2.24) is 10.2 Å². The third kappa shape index (κ3) is 6.23. The minimum atomic E-state index is -4.07. The van der Waals surface area contributed by atoms with Gasteiger partial charge in [0.15, 0.2) is 0 Å². The third-order valence-electron chi connectivity index (χ3n) is 5.83. The van der Waals surface area contributed by atoms with Gasteiger partial charge in [0.2, 0.25) is 11.8 Å². The molecule has 1 N–H and O–H groups in total. The molecule has 0 heterocycles. The number of benzene rings is 3. The monoisotopic (exact) mass is 509 g/mol. The van der Waals surface area contributed by atoms with Crippen LogP contribution in [-0.2, 0) is 26.2 Å². The zero-order valence-electron chi connectivity index (χ0n) is 20.8. The van der Waals surface area contributed by atoms with Gasteiger partial charge in [-0.25, -0.2) is 8.42 Å². The Kier molecular flexibility index (Phi) is 8.71. The van der Waals surface area contributed by atoms with Crippen molar-refractivity contribution in [2.24, 2.45) is 0 Å². The van der Waals surface area contributed by atoms with Gasteiger partial charge in [-0.3, -0.25) is 13.9 Å². The van der Waals surface area contributed by atoms with Crippen molar-refractivity contribution in [3.05, 3.63) is 90.0 Å². The van der Waals surface area contributed by atoms with Crippen molar-refractivity contribution >= 4 is 27.5 Å². The van der Waals surface area contributed by atoms with Crippen molar-refractivity contribution in [3.63, 3.8) is 0 Å². The molecule has 0 saturated heterocycles. The first-order chi connectivity index (χ1) is 17.2. The fourth-order valence-electron chi connectivity index (χ4n) is 3.72. The quantitative estimate of drug-likeness (QED) is 0.452. The van der Waals surface area contributed by atoms with Gasteiger partial charge in [-0.2, -0.15) is 0 Å². The van der Waals surface area contributed by atoms with Gasteiger partial charge >= 0.3 is 0 Å². The molecule has 0 radical (unpaired) electrons. The summed E-state index contributed by atoms with van der Waals surface area (Å²) in [6.45, 7) is 3.12. The zero-order valence-corrected chi connectivity index (χ0v) is 21.7. The first kappa shape index (κ1) is 26.7. The summed E-state index contributed by atoms with van der Waals surface area (Å²) in [4.78, 5) is 27.7. The van der Waals surface area contributed by atoms with Crippen molar-refractivity contribution in [3.8, 4) is 5.75 Å². The number of carbonyl (C=O) groups is 2. The van der Waals surface area contributed by atoms with E-state index in [0.29, 0.717) is 11.4 Å². The Balaban J connectivity index is 2.01. The van der Waals surface area contributed by atoms with Gasteiger partial charge in [0.05, 0.1) is 17.7 Å². The Morgan fingerprint density at radius 3 is 2.25 bits per heavy atom. The van der Waals surface area contributed by atoms with Crippen molar-refractivity contribution < 1.29 is 22.7 Å². The van der Waals surface area contributed by atoms with Crippen LogP contribution in [0.2, 0.25) is 0 Å². The molecule has 0 unspecified atom stereocenters. The Hall–Kier alpha value is -3.85. The van der Waals surface area contributed by atoms with Crippen LogP contribution in [0.1, 0.15) is 18.1 Å². The van der Waals surface area contributed by atoms with Crippen LogP contribution >= 0.6 is 0 Å². The number of nitrogens with zero attached hydrogens (tertiary/aromatic N) is 2. The molecule has 8 nitrogen and oxygen atoms in total. The highest BCUT2D eigenvalue weighted by molar-refractivity contribution is 7.92. The lowest BCUT2D eigenvalue weighted by Crippen LogP contribution is -2.50. The largest absolute Gasteiger partial charge is 0.497 e. The molecule has 0 bridgehead atoms. The molecule has 3 aromatic carbocycles. The molecule has 9 heteroatoms. The molecule has 0 aliphatic heterocycles. The fourth-order valence-corrected chi connectivity index (χ4v) is 5.15. The van der Waals surface area contributed by atoms with Crippen LogP contribution < -0.4 is 14.4 Å². The molecule has 190 valence electrons. The number of aryl methyl sites for hydroxylation is 1. The van der Waals surface area contributed by atoms with Crippen LogP contribution in [0.15, 0.2) is 83.8 Å². The van der Waals surface area contributed by atoms with Gasteiger partial charge in [0.25, 0.3) is 10.0 Å². The van der Waals surface area contributed by atoms with E-state index in [0.717, 1.165) is 15.4 Å². The Labute approximate surface area is 212 Å². The summed E-state index contributed by atoms with van der Waals surface area (Å²) in [5.41, 5.74) is 2.05. The van der Waals surface area contributed by atoms with Crippen molar-refractivity contribution in [2.45, 2.75) is 31.3 Å². The lowest BCUT2D eigenvalue weighted by atomic mass is 10.1. The number of amides is 2. The first-order valence-electron chi connectivity index (χ1n) is 11.5. The Morgan fingerprint density at radius 1 is 0.972 bits per heavy atom. The van der Waals surface area contributed by atoms with E-state index in [1.807, 2.05) is 13.0 Å². The van der Waals surface area contributed by atoms with Crippen LogP contribution in [0, 0.1) is 6.92 Å². The maximum absolute atomic E-state index is 13.7. The number of likely N-dealkylation sites (N-methyl/N-ethyl adjacent to an activating group) is 1. The summed E-state index contributed by atoms with van der Waals surface area (Å²) in [5, 5.41) is 2.57. The number of hydrogen-bond acceptors (Lipinski definition) is 5. The molecule has 0 fully saturated rings. The van der Waals surface area contributed by atoms with Crippen LogP contribution in [0.25, 0.3) is 0 Å². The molecule has 2 amide bonds. The number of ether oxygens (including phenoxy) is 1. The summed E-state index contributed by atoms with van der Waals surface area (Å²) in [6.07, 6.45) is 0.